The third-order valence-electron chi connectivity index (χ3n) is 3.71. The molecule has 3 rings (SSSR count). The van der Waals surface area contributed by atoms with E-state index in [0.717, 1.165) is 28.6 Å². The van der Waals surface area contributed by atoms with Gasteiger partial charge in [-0.3, -0.25) is 10.1 Å². The molecule has 94 valence electrons. The Morgan fingerprint density at radius 3 is 2.94 bits per heavy atom. The van der Waals surface area contributed by atoms with Crippen molar-refractivity contribution in [1.29, 1.82) is 0 Å². The molecule has 2 heterocycles. The maximum atomic E-state index is 11.2. The Morgan fingerprint density at radius 2 is 2.22 bits per heavy atom. The number of benzene rings is 1. The van der Waals surface area contributed by atoms with Gasteiger partial charge in [-0.25, -0.2) is 0 Å². The van der Waals surface area contributed by atoms with Crippen molar-refractivity contribution in [3.8, 4) is 0 Å². The summed E-state index contributed by atoms with van der Waals surface area (Å²) in [6, 6.07) is 7.70. The monoisotopic (exact) mass is 244 g/mol. The first-order chi connectivity index (χ1) is 8.70. The number of hydrogen-bond donors (Lipinski definition) is 3. The zero-order valence-electron chi connectivity index (χ0n) is 10.2. The van der Waals surface area contributed by atoms with Crippen molar-refractivity contribution < 1.29 is 9.90 Å². The smallest absolute Gasteiger partial charge is 0.321 e. The van der Waals surface area contributed by atoms with Crippen molar-refractivity contribution in [2.45, 2.75) is 31.8 Å². The third-order valence-corrected chi connectivity index (χ3v) is 3.71. The van der Waals surface area contributed by atoms with Crippen LogP contribution in [0.1, 0.15) is 30.6 Å². The lowest BCUT2D eigenvalue weighted by molar-refractivity contribution is -0.139. The van der Waals surface area contributed by atoms with E-state index in [4.69, 9.17) is 0 Å². The summed E-state index contributed by atoms with van der Waals surface area (Å²) >= 11 is 0. The van der Waals surface area contributed by atoms with Crippen LogP contribution < -0.4 is 5.32 Å². The number of aliphatic carboxylic acids is 1. The maximum absolute atomic E-state index is 11.2. The topological polar surface area (TPSA) is 65.1 Å². The van der Waals surface area contributed by atoms with Gasteiger partial charge in [-0.05, 0) is 18.1 Å². The van der Waals surface area contributed by atoms with Crippen LogP contribution in [0.15, 0.2) is 24.3 Å². The summed E-state index contributed by atoms with van der Waals surface area (Å²) in [5, 5.41) is 13.6. The van der Waals surface area contributed by atoms with E-state index in [9.17, 15) is 9.90 Å². The number of fused-ring (bicyclic) bond motifs is 3. The minimum absolute atomic E-state index is 0.0993. The summed E-state index contributed by atoms with van der Waals surface area (Å²) in [5.74, 6) is -0.774. The molecule has 2 atom stereocenters. The van der Waals surface area contributed by atoms with E-state index in [1.807, 2.05) is 18.2 Å². The molecule has 0 amide bonds. The Kier molecular flexibility index (Phi) is 2.59. The number of carboxylic acid groups (broad SMARTS) is 1. The first kappa shape index (κ1) is 11.3. The molecule has 4 heteroatoms. The number of rotatable bonds is 2. The van der Waals surface area contributed by atoms with Crippen molar-refractivity contribution >= 4 is 16.9 Å². The lowest BCUT2D eigenvalue weighted by Gasteiger charge is -2.28. The van der Waals surface area contributed by atoms with Crippen LogP contribution in [-0.2, 0) is 11.2 Å². The van der Waals surface area contributed by atoms with E-state index >= 15 is 0 Å². The molecule has 1 aromatic heterocycles. The van der Waals surface area contributed by atoms with Crippen molar-refractivity contribution in [2.75, 3.05) is 0 Å². The molecule has 1 aliphatic rings. The molecule has 4 nitrogen and oxygen atoms in total. The van der Waals surface area contributed by atoms with Crippen LogP contribution >= 0.6 is 0 Å². The Balaban J connectivity index is 2.15. The number of aromatic nitrogens is 1. The Hall–Kier alpha value is -1.81. The normalized spacial score (nSPS) is 22.9. The fourth-order valence-corrected chi connectivity index (χ4v) is 2.81. The Morgan fingerprint density at radius 1 is 1.44 bits per heavy atom. The number of H-pyrrole nitrogens is 1. The number of hydrogen-bond acceptors (Lipinski definition) is 2. The maximum Gasteiger partial charge on any atom is 0.321 e. The predicted octanol–water partition coefficient (Wildman–Crippen LogP) is 2.22. The fraction of sp³-hybridized carbons (Fsp3) is 0.357. The predicted molar refractivity (Wildman–Crippen MR) is 69.6 cm³/mol. The molecule has 0 saturated heterocycles. The van der Waals surface area contributed by atoms with Crippen molar-refractivity contribution in [3.63, 3.8) is 0 Å². The molecule has 0 saturated carbocycles. The second-order valence-corrected chi connectivity index (χ2v) is 4.79. The van der Waals surface area contributed by atoms with E-state index in [0.29, 0.717) is 6.42 Å². The van der Waals surface area contributed by atoms with Gasteiger partial charge in [0.05, 0.1) is 0 Å². The summed E-state index contributed by atoms with van der Waals surface area (Å²) in [4.78, 5) is 14.6. The Bertz CT molecular complexity index is 603. The van der Waals surface area contributed by atoms with E-state index < -0.39 is 12.0 Å². The second-order valence-electron chi connectivity index (χ2n) is 4.79. The highest BCUT2D eigenvalue weighted by atomic mass is 16.4. The van der Waals surface area contributed by atoms with Crippen LogP contribution in [0.5, 0.6) is 0 Å². The van der Waals surface area contributed by atoms with Gasteiger partial charge in [0.2, 0.25) is 0 Å². The average Bonchev–Trinajstić information content (AvgIpc) is 2.76. The lowest BCUT2D eigenvalue weighted by atomic mass is 9.93. The van der Waals surface area contributed by atoms with Gasteiger partial charge in [0.25, 0.3) is 0 Å². The van der Waals surface area contributed by atoms with Crippen LogP contribution in [0.2, 0.25) is 0 Å². The fourth-order valence-electron chi connectivity index (χ4n) is 2.81. The molecular weight excluding hydrogens is 228 g/mol. The molecule has 1 aliphatic heterocycles. The summed E-state index contributed by atoms with van der Waals surface area (Å²) < 4.78 is 0. The highest BCUT2D eigenvalue weighted by Gasteiger charge is 2.31. The van der Waals surface area contributed by atoms with Gasteiger partial charge < -0.3 is 10.1 Å². The number of carbonyl (C=O) groups is 1. The van der Waals surface area contributed by atoms with Gasteiger partial charge in [-0.1, -0.05) is 25.1 Å². The zero-order chi connectivity index (χ0) is 12.7. The van der Waals surface area contributed by atoms with Gasteiger partial charge in [-0.2, -0.15) is 0 Å². The third kappa shape index (κ3) is 1.61. The molecule has 0 fully saturated rings. The van der Waals surface area contributed by atoms with Crippen LogP contribution in [0, 0.1) is 0 Å². The molecule has 0 radical (unpaired) electrons. The lowest BCUT2D eigenvalue weighted by Crippen LogP contribution is -2.44. The molecule has 0 unspecified atom stereocenters. The highest BCUT2D eigenvalue weighted by molar-refractivity contribution is 5.86. The molecule has 0 aliphatic carbocycles. The molecule has 18 heavy (non-hydrogen) atoms. The molecule has 0 bridgehead atoms. The van der Waals surface area contributed by atoms with E-state index in [2.05, 4.69) is 23.3 Å². The van der Waals surface area contributed by atoms with Crippen LogP contribution in [-0.4, -0.2) is 22.1 Å². The number of carboxylic acids is 1. The average molecular weight is 244 g/mol. The number of nitrogens with one attached hydrogen (secondary N) is 2. The zero-order valence-corrected chi connectivity index (χ0v) is 10.2. The summed E-state index contributed by atoms with van der Waals surface area (Å²) in [7, 11) is 0. The first-order valence-corrected chi connectivity index (χ1v) is 6.29. The van der Waals surface area contributed by atoms with Crippen LogP contribution in [0.4, 0.5) is 0 Å². The molecule has 0 spiro atoms. The van der Waals surface area contributed by atoms with Gasteiger partial charge in [0.15, 0.2) is 0 Å². The van der Waals surface area contributed by atoms with Crippen LogP contribution in [0.25, 0.3) is 10.9 Å². The molecule has 2 aromatic rings. The minimum Gasteiger partial charge on any atom is -0.480 e. The largest absolute Gasteiger partial charge is 0.480 e. The SMILES string of the molecule is CC[C@H]1N[C@H](C(=O)O)Cc2c1[nH]c1ccccc21. The first-order valence-electron chi connectivity index (χ1n) is 6.29. The van der Waals surface area contributed by atoms with Gasteiger partial charge in [0, 0.05) is 29.1 Å². The summed E-state index contributed by atoms with van der Waals surface area (Å²) in [5.41, 5.74) is 3.40. The van der Waals surface area contributed by atoms with Gasteiger partial charge >= 0.3 is 5.97 Å². The second kappa shape index (κ2) is 4.14. The molecular formula is C14H16N2O2. The quantitative estimate of drug-likeness (QED) is 0.759. The van der Waals surface area contributed by atoms with Crippen molar-refractivity contribution in [1.82, 2.24) is 10.3 Å². The van der Waals surface area contributed by atoms with E-state index in [1.165, 1.54) is 0 Å². The van der Waals surface area contributed by atoms with E-state index in [-0.39, 0.29) is 6.04 Å². The van der Waals surface area contributed by atoms with Crippen LogP contribution in [0.3, 0.4) is 0 Å². The summed E-state index contributed by atoms with van der Waals surface area (Å²) in [6.45, 7) is 2.07. The minimum atomic E-state index is -0.774. The Labute approximate surface area is 105 Å². The van der Waals surface area contributed by atoms with Crippen molar-refractivity contribution in [2.24, 2.45) is 0 Å². The highest BCUT2D eigenvalue weighted by Crippen LogP contribution is 2.32. The standard InChI is InChI=1S/C14H16N2O2/c1-2-10-13-9(7-12(15-10)14(17)18)8-5-3-4-6-11(8)16-13/h3-6,10,12,15-16H,2,7H2,1H3,(H,17,18)/t10-,12+/m1/s1. The summed E-state index contributed by atoms with van der Waals surface area (Å²) in [6.07, 6.45) is 1.43. The van der Waals surface area contributed by atoms with Gasteiger partial charge in [-0.15, -0.1) is 0 Å². The van der Waals surface area contributed by atoms with Gasteiger partial charge in [0.1, 0.15) is 6.04 Å². The molecule has 1 aromatic carbocycles. The van der Waals surface area contributed by atoms with Crippen molar-refractivity contribution in [3.05, 3.63) is 35.5 Å². The number of aromatic amines is 1. The molecule has 3 N–H and O–H groups in total. The van der Waals surface area contributed by atoms with E-state index in [1.54, 1.807) is 0 Å². The number of para-hydroxylation sites is 1.